The fraction of sp³-hybridized carbons (Fsp3) is 0.542. The summed E-state index contributed by atoms with van der Waals surface area (Å²) in [6.45, 7) is 0.664. The summed E-state index contributed by atoms with van der Waals surface area (Å²) in [5.74, 6) is -4.34. The van der Waals surface area contributed by atoms with Gasteiger partial charge >= 0.3 is 11.9 Å². The van der Waals surface area contributed by atoms with Gasteiger partial charge in [-0.1, -0.05) is 30.3 Å². The highest BCUT2D eigenvalue weighted by atomic mass is 16.4. The van der Waals surface area contributed by atoms with Crippen molar-refractivity contribution in [2.45, 2.75) is 69.1 Å². The van der Waals surface area contributed by atoms with Gasteiger partial charge in [0, 0.05) is 13.0 Å². The SMILES string of the molecule is NCCCCC(NC(=O)C(Cc1ccccc1)NC(=O)C(N)CC(=O)O)C(=O)N1CCCC1C(=O)O. The minimum Gasteiger partial charge on any atom is -0.481 e. The van der Waals surface area contributed by atoms with Crippen molar-refractivity contribution >= 4 is 29.7 Å². The topological polar surface area (TPSA) is 205 Å². The highest BCUT2D eigenvalue weighted by Gasteiger charge is 2.38. The highest BCUT2D eigenvalue weighted by Crippen LogP contribution is 2.20. The lowest BCUT2D eigenvalue weighted by Crippen LogP contribution is -2.57. The van der Waals surface area contributed by atoms with Crippen molar-refractivity contribution in [2.24, 2.45) is 11.5 Å². The van der Waals surface area contributed by atoms with Gasteiger partial charge in [-0.3, -0.25) is 19.2 Å². The molecule has 0 radical (unpaired) electrons. The Morgan fingerprint density at radius 3 is 2.28 bits per heavy atom. The maximum atomic E-state index is 13.3. The van der Waals surface area contributed by atoms with Gasteiger partial charge in [-0.25, -0.2) is 4.79 Å². The van der Waals surface area contributed by atoms with Crippen molar-refractivity contribution in [1.82, 2.24) is 15.5 Å². The molecule has 4 atom stereocenters. The number of amides is 3. The number of likely N-dealkylation sites (tertiary alicyclic amines) is 1. The van der Waals surface area contributed by atoms with Crippen molar-refractivity contribution in [3.63, 3.8) is 0 Å². The van der Waals surface area contributed by atoms with Gasteiger partial charge in [0.05, 0.1) is 12.5 Å². The van der Waals surface area contributed by atoms with E-state index in [1.807, 2.05) is 0 Å². The van der Waals surface area contributed by atoms with Gasteiger partial charge < -0.3 is 37.2 Å². The lowest BCUT2D eigenvalue weighted by Gasteiger charge is -2.29. The quantitative estimate of drug-likeness (QED) is 0.175. The summed E-state index contributed by atoms with van der Waals surface area (Å²) in [7, 11) is 0. The van der Waals surface area contributed by atoms with E-state index in [1.165, 1.54) is 4.90 Å². The number of rotatable bonds is 14. The third kappa shape index (κ3) is 8.61. The molecular formula is C24H35N5O7. The lowest BCUT2D eigenvalue weighted by atomic mass is 10.0. The number of nitrogens with zero attached hydrogens (tertiary/aromatic N) is 1. The molecule has 1 heterocycles. The molecule has 0 bridgehead atoms. The maximum Gasteiger partial charge on any atom is 0.326 e. The predicted molar refractivity (Wildman–Crippen MR) is 130 cm³/mol. The molecule has 1 aliphatic heterocycles. The molecule has 36 heavy (non-hydrogen) atoms. The van der Waals surface area contributed by atoms with Gasteiger partial charge in [-0.2, -0.15) is 0 Å². The van der Waals surface area contributed by atoms with Crippen molar-refractivity contribution in [1.29, 1.82) is 0 Å². The zero-order valence-electron chi connectivity index (χ0n) is 20.1. The van der Waals surface area contributed by atoms with Crippen LogP contribution >= 0.6 is 0 Å². The number of nitrogens with two attached hydrogens (primary N) is 2. The molecule has 12 nitrogen and oxygen atoms in total. The molecule has 4 unspecified atom stereocenters. The molecule has 0 aliphatic carbocycles. The molecular weight excluding hydrogens is 470 g/mol. The highest BCUT2D eigenvalue weighted by molar-refractivity contribution is 5.95. The van der Waals surface area contributed by atoms with Gasteiger partial charge in [0.1, 0.15) is 18.1 Å². The minimum absolute atomic E-state index is 0.0728. The Morgan fingerprint density at radius 2 is 1.67 bits per heavy atom. The van der Waals surface area contributed by atoms with E-state index in [1.54, 1.807) is 30.3 Å². The van der Waals surface area contributed by atoms with E-state index in [2.05, 4.69) is 10.6 Å². The van der Waals surface area contributed by atoms with Crippen LogP contribution in [0.25, 0.3) is 0 Å². The van der Waals surface area contributed by atoms with E-state index in [9.17, 15) is 29.1 Å². The van der Waals surface area contributed by atoms with Crippen LogP contribution in [0.3, 0.4) is 0 Å². The second kappa shape index (κ2) is 14.1. The maximum absolute atomic E-state index is 13.3. The van der Waals surface area contributed by atoms with Crippen LogP contribution < -0.4 is 22.1 Å². The zero-order valence-corrected chi connectivity index (χ0v) is 20.1. The fourth-order valence-corrected chi connectivity index (χ4v) is 4.13. The summed E-state index contributed by atoms with van der Waals surface area (Å²) in [4.78, 5) is 62.9. The summed E-state index contributed by atoms with van der Waals surface area (Å²) in [6, 6.07) is 4.37. The Morgan fingerprint density at radius 1 is 1.00 bits per heavy atom. The van der Waals surface area contributed by atoms with Crippen molar-refractivity contribution in [3.05, 3.63) is 35.9 Å². The molecule has 198 valence electrons. The minimum atomic E-state index is -1.36. The van der Waals surface area contributed by atoms with Crippen LogP contribution in [0.5, 0.6) is 0 Å². The third-order valence-electron chi connectivity index (χ3n) is 6.03. The number of benzene rings is 1. The smallest absolute Gasteiger partial charge is 0.326 e. The summed E-state index contributed by atoms with van der Waals surface area (Å²) < 4.78 is 0. The van der Waals surface area contributed by atoms with E-state index in [0.717, 1.165) is 5.56 Å². The molecule has 1 aromatic rings. The average Bonchev–Trinajstić information content (AvgIpc) is 3.33. The number of hydrogen-bond donors (Lipinski definition) is 6. The first-order chi connectivity index (χ1) is 17.1. The molecule has 1 aliphatic rings. The van der Waals surface area contributed by atoms with E-state index >= 15 is 0 Å². The van der Waals surface area contributed by atoms with Crippen LogP contribution in [0.15, 0.2) is 30.3 Å². The Hall–Kier alpha value is -3.51. The molecule has 1 aromatic carbocycles. The van der Waals surface area contributed by atoms with Crippen LogP contribution in [-0.2, 0) is 30.4 Å². The molecule has 1 saturated heterocycles. The number of carbonyl (C=O) groups excluding carboxylic acids is 3. The number of carboxylic acids is 2. The molecule has 2 rings (SSSR count). The third-order valence-corrected chi connectivity index (χ3v) is 6.03. The lowest BCUT2D eigenvalue weighted by molar-refractivity contribution is -0.149. The summed E-state index contributed by atoms with van der Waals surface area (Å²) >= 11 is 0. The Bertz CT molecular complexity index is 927. The Kier molecular flexibility index (Phi) is 11.3. The average molecular weight is 506 g/mol. The standard InChI is InChI=1S/C24H35N5O7/c25-11-5-4-9-17(23(34)29-12-6-10-19(29)24(35)36)27-22(33)18(13-15-7-2-1-3-8-15)28-21(32)16(26)14-20(30)31/h1-3,7-8,16-19H,4-6,9-14,25-26H2,(H,27,33)(H,28,32)(H,30,31)(H,35,36). The monoisotopic (exact) mass is 505 g/mol. The Balaban J connectivity index is 2.22. The van der Waals surface area contributed by atoms with Crippen LogP contribution in [0.4, 0.5) is 0 Å². The first-order valence-electron chi connectivity index (χ1n) is 12.0. The second-order valence-electron chi connectivity index (χ2n) is 8.83. The number of carbonyl (C=O) groups is 5. The van der Waals surface area contributed by atoms with E-state index in [4.69, 9.17) is 16.6 Å². The number of carboxylic acid groups (broad SMARTS) is 2. The number of nitrogens with one attached hydrogen (secondary N) is 2. The molecule has 12 heteroatoms. The van der Waals surface area contributed by atoms with Crippen molar-refractivity contribution in [2.75, 3.05) is 13.1 Å². The summed E-state index contributed by atoms with van der Waals surface area (Å²) in [5, 5.41) is 23.6. The number of unbranched alkanes of at least 4 members (excludes halogenated alkanes) is 1. The fourth-order valence-electron chi connectivity index (χ4n) is 4.13. The molecule has 3 amide bonds. The zero-order chi connectivity index (χ0) is 26.7. The molecule has 0 saturated carbocycles. The van der Waals surface area contributed by atoms with Crippen molar-refractivity contribution < 1.29 is 34.2 Å². The first kappa shape index (κ1) is 28.7. The Labute approximate surface area is 209 Å². The second-order valence-corrected chi connectivity index (χ2v) is 8.83. The number of aliphatic carboxylic acids is 2. The first-order valence-corrected chi connectivity index (χ1v) is 12.0. The van der Waals surface area contributed by atoms with E-state index < -0.39 is 60.2 Å². The van der Waals surface area contributed by atoms with Crippen LogP contribution in [-0.4, -0.2) is 82.0 Å². The van der Waals surface area contributed by atoms with Gasteiger partial charge in [0.15, 0.2) is 0 Å². The van der Waals surface area contributed by atoms with Gasteiger partial charge in [0.25, 0.3) is 0 Å². The predicted octanol–water partition coefficient (Wildman–Crippen LogP) is -0.795. The summed E-state index contributed by atoms with van der Waals surface area (Å²) in [6.07, 6.45) is 1.71. The molecule has 0 spiro atoms. The van der Waals surface area contributed by atoms with Crippen molar-refractivity contribution in [3.8, 4) is 0 Å². The van der Waals surface area contributed by atoms with Gasteiger partial charge in [0.2, 0.25) is 17.7 Å². The van der Waals surface area contributed by atoms with E-state index in [-0.39, 0.29) is 19.4 Å². The molecule has 1 fully saturated rings. The van der Waals surface area contributed by atoms with Crippen LogP contribution in [0.2, 0.25) is 0 Å². The van der Waals surface area contributed by atoms with Crippen LogP contribution in [0.1, 0.15) is 44.1 Å². The van der Waals surface area contributed by atoms with Gasteiger partial charge in [-0.05, 0) is 44.2 Å². The van der Waals surface area contributed by atoms with Crippen LogP contribution in [0, 0.1) is 0 Å². The van der Waals surface area contributed by atoms with Gasteiger partial charge in [-0.15, -0.1) is 0 Å². The van der Waals surface area contributed by atoms with E-state index in [0.29, 0.717) is 32.2 Å². The molecule has 0 aromatic heterocycles. The normalized spacial score (nSPS) is 17.6. The largest absolute Gasteiger partial charge is 0.481 e. The summed E-state index contributed by atoms with van der Waals surface area (Å²) in [5.41, 5.74) is 12.0. The number of hydrogen-bond acceptors (Lipinski definition) is 7. The molecule has 8 N–H and O–H groups in total.